The summed E-state index contributed by atoms with van der Waals surface area (Å²) in [5.41, 5.74) is 1.37. The van der Waals surface area contributed by atoms with Crippen LogP contribution in [0, 0.1) is 0 Å². The molecule has 3 heterocycles. The summed E-state index contributed by atoms with van der Waals surface area (Å²) < 4.78 is 0. The lowest BCUT2D eigenvalue weighted by atomic mass is 9.91. The number of hydrogen-bond acceptors (Lipinski definition) is 10. The van der Waals surface area contributed by atoms with E-state index in [9.17, 15) is 14.7 Å². The number of amides is 2. The number of aromatic nitrogens is 4. The van der Waals surface area contributed by atoms with E-state index in [1.165, 1.54) is 6.07 Å². The number of thioether (sulfide) groups is 1. The van der Waals surface area contributed by atoms with Crippen molar-refractivity contribution in [1.82, 2.24) is 30.8 Å². The van der Waals surface area contributed by atoms with Crippen molar-refractivity contribution < 1.29 is 14.7 Å². The molecule has 0 atom stereocenters. The lowest BCUT2D eigenvalue weighted by Gasteiger charge is -2.29. The molecule has 0 aromatic carbocycles. The number of aromatic hydroxyl groups is 1. The van der Waals surface area contributed by atoms with Crippen molar-refractivity contribution in [2.75, 3.05) is 5.32 Å². The van der Waals surface area contributed by atoms with Crippen LogP contribution >= 0.6 is 11.8 Å². The molecule has 30 heavy (non-hydrogen) atoms. The second-order valence-electron chi connectivity index (χ2n) is 7.11. The Hall–Kier alpha value is -3.05. The fourth-order valence-corrected chi connectivity index (χ4v) is 4.07. The predicted octanol–water partition coefficient (Wildman–Crippen LogP) is 1.81. The number of nitrogens with one attached hydrogen (secondary N) is 3. The van der Waals surface area contributed by atoms with Gasteiger partial charge in [-0.2, -0.15) is 5.10 Å². The van der Waals surface area contributed by atoms with Crippen LogP contribution in [0.1, 0.15) is 37.1 Å². The van der Waals surface area contributed by atoms with Gasteiger partial charge in [-0.1, -0.05) is 0 Å². The zero-order chi connectivity index (χ0) is 20.9. The zero-order valence-electron chi connectivity index (χ0n) is 16.0. The molecule has 10 nitrogen and oxygen atoms in total. The van der Waals surface area contributed by atoms with Crippen LogP contribution < -0.4 is 16.0 Å². The predicted molar refractivity (Wildman–Crippen MR) is 111 cm³/mol. The van der Waals surface area contributed by atoms with E-state index in [4.69, 9.17) is 0 Å². The first-order valence-electron chi connectivity index (χ1n) is 9.64. The first kappa shape index (κ1) is 20.2. The molecular formula is C19H21N7O3S. The monoisotopic (exact) mass is 427 g/mol. The van der Waals surface area contributed by atoms with Crippen LogP contribution in [0.4, 0.5) is 10.7 Å². The van der Waals surface area contributed by atoms with Gasteiger partial charge in [0.2, 0.25) is 11.8 Å². The fourth-order valence-electron chi connectivity index (χ4n) is 3.40. The largest absolute Gasteiger partial charge is 0.492 e. The van der Waals surface area contributed by atoms with Gasteiger partial charge in [-0.25, -0.2) is 9.97 Å². The summed E-state index contributed by atoms with van der Waals surface area (Å²) in [5, 5.41) is 25.5. The molecular weight excluding hydrogens is 406 g/mol. The molecule has 0 spiro atoms. The van der Waals surface area contributed by atoms with Crippen LogP contribution in [0.3, 0.4) is 0 Å². The van der Waals surface area contributed by atoms with Gasteiger partial charge in [-0.3, -0.25) is 14.9 Å². The fraction of sp³-hybridized carbons (Fsp3) is 0.368. The van der Waals surface area contributed by atoms with Crippen molar-refractivity contribution in [3.8, 4) is 5.88 Å². The third-order valence-corrected chi connectivity index (χ3v) is 5.75. The lowest BCUT2D eigenvalue weighted by Crippen LogP contribution is -2.37. The van der Waals surface area contributed by atoms with Crippen molar-refractivity contribution >= 4 is 34.9 Å². The quantitative estimate of drug-likeness (QED) is 0.504. The van der Waals surface area contributed by atoms with E-state index in [-0.39, 0.29) is 17.2 Å². The molecule has 156 valence electrons. The highest BCUT2D eigenvalue weighted by molar-refractivity contribution is 8.18. The molecule has 11 heteroatoms. The van der Waals surface area contributed by atoms with Crippen molar-refractivity contribution in [3.05, 3.63) is 40.7 Å². The Morgan fingerprint density at radius 2 is 1.93 bits per heavy atom. The maximum absolute atomic E-state index is 11.7. The number of nitrogens with zero attached hydrogens (tertiary/aromatic N) is 4. The lowest BCUT2D eigenvalue weighted by molar-refractivity contribution is -0.115. The van der Waals surface area contributed by atoms with Crippen LogP contribution in [0.25, 0.3) is 6.08 Å². The van der Waals surface area contributed by atoms with Crippen LogP contribution in [-0.4, -0.2) is 48.5 Å². The Balaban J connectivity index is 1.27. The smallest absolute Gasteiger partial charge is 0.290 e. The first-order valence-corrected chi connectivity index (χ1v) is 10.5. The van der Waals surface area contributed by atoms with Gasteiger partial charge in [0.15, 0.2) is 0 Å². The van der Waals surface area contributed by atoms with Crippen molar-refractivity contribution in [3.63, 3.8) is 0 Å². The Morgan fingerprint density at radius 3 is 2.63 bits per heavy atom. The van der Waals surface area contributed by atoms with Gasteiger partial charge in [0, 0.05) is 30.9 Å². The number of carbonyl (C=O) groups is 2. The Kier molecular flexibility index (Phi) is 6.19. The van der Waals surface area contributed by atoms with Crippen molar-refractivity contribution in [1.29, 1.82) is 0 Å². The first-order chi connectivity index (χ1) is 14.5. The van der Waals surface area contributed by atoms with E-state index >= 15 is 0 Å². The average Bonchev–Trinajstić information content (AvgIpc) is 3.05. The number of carbonyl (C=O) groups excluding carboxylic acids is 2. The summed E-state index contributed by atoms with van der Waals surface area (Å²) >= 11 is 0.867. The van der Waals surface area contributed by atoms with Crippen LogP contribution in [-0.2, 0) is 11.3 Å². The molecule has 2 aromatic rings. The summed E-state index contributed by atoms with van der Waals surface area (Å²) in [6, 6.07) is 5.65. The highest BCUT2D eigenvalue weighted by Crippen LogP contribution is 2.25. The highest BCUT2D eigenvalue weighted by atomic mass is 32.2. The van der Waals surface area contributed by atoms with Crippen LogP contribution in [0.5, 0.6) is 5.88 Å². The van der Waals surface area contributed by atoms with E-state index in [0.29, 0.717) is 29.1 Å². The minimum absolute atomic E-state index is 0.0773. The van der Waals surface area contributed by atoms with E-state index in [2.05, 4.69) is 36.1 Å². The summed E-state index contributed by atoms with van der Waals surface area (Å²) in [5.74, 6) is 0.0312. The standard InChI is InChI=1S/C19H21N7O3S/c27-16-6-5-14(25-26-16)10-21-11-1-3-12(4-2-11)22-18-20-8-7-13(23-18)9-15-17(28)24-19(29)30-15/h5-9,11-12,21H,1-4,10H2,(H,26,27)(H,20,22,23)(H,24,28,29)/b15-9-. The Labute approximate surface area is 177 Å². The number of hydrogen-bond donors (Lipinski definition) is 4. The summed E-state index contributed by atoms with van der Waals surface area (Å²) in [4.78, 5) is 32.0. The number of imide groups is 1. The second-order valence-corrected chi connectivity index (χ2v) is 8.13. The van der Waals surface area contributed by atoms with Crippen molar-refractivity contribution in [2.24, 2.45) is 0 Å². The molecule has 1 aliphatic carbocycles. The molecule has 1 saturated carbocycles. The normalized spacial score (nSPS) is 22.9. The molecule has 4 N–H and O–H groups in total. The Morgan fingerprint density at radius 1 is 1.13 bits per heavy atom. The molecule has 2 aromatic heterocycles. The summed E-state index contributed by atoms with van der Waals surface area (Å²) in [7, 11) is 0. The van der Waals surface area contributed by atoms with E-state index in [0.717, 1.165) is 43.1 Å². The van der Waals surface area contributed by atoms with E-state index in [1.807, 2.05) is 0 Å². The molecule has 2 fully saturated rings. The SMILES string of the molecule is O=C1NC(=O)/C(=C/c2ccnc(NC3CCC(NCc4ccc(O)nn4)CC3)n2)S1. The van der Waals surface area contributed by atoms with E-state index in [1.54, 1.807) is 24.4 Å². The van der Waals surface area contributed by atoms with Gasteiger partial charge < -0.3 is 15.7 Å². The van der Waals surface area contributed by atoms with Gasteiger partial charge in [0.05, 0.1) is 16.3 Å². The second kappa shape index (κ2) is 9.18. The summed E-state index contributed by atoms with van der Waals surface area (Å²) in [6.45, 7) is 0.615. The van der Waals surface area contributed by atoms with Gasteiger partial charge in [0.1, 0.15) is 0 Å². The molecule has 4 rings (SSSR count). The minimum Gasteiger partial charge on any atom is -0.492 e. The highest BCUT2D eigenvalue weighted by Gasteiger charge is 2.25. The van der Waals surface area contributed by atoms with Gasteiger partial charge in [-0.05, 0) is 55.7 Å². The topological polar surface area (TPSA) is 142 Å². The third-order valence-electron chi connectivity index (χ3n) is 4.94. The third kappa shape index (κ3) is 5.30. The molecule has 1 aliphatic heterocycles. The number of anilines is 1. The van der Waals surface area contributed by atoms with Gasteiger partial charge in [-0.15, -0.1) is 5.10 Å². The van der Waals surface area contributed by atoms with Crippen molar-refractivity contribution in [2.45, 2.75) is 44.3 Å². The van der Waals surface area contributed by atoms with E-state index < -0.39 is 5.91 Å². The maximum Gasteiger partial charge on any atom is 0.290 e. The maximum atomic E-state index is 11.7. The molecule has 1 saturated heterocycles. The van der Waals surface area contributed by atoms with Gasteiger partial charge >= 0.3 is 0 Å². The molecule has 2 aliphatic rings. The number of rotatable bonds is 6. The molecule has 0 unspecified atom stereocenters. The Bertz CT molecular complexity index is 959. The van der Waals surface area contributed by atoms with Gasteiger partial charge in [0.25, 0.3) is 11.1 Å². The minimum atomic E-state index is -0.401. The summed E-state index contributed by atoms with van der Waals surface area (Å²) in [6.07, 6.45) is 7.18. The average molecular weight is 427 g/mol. The molecule has 0 radical (unpaired) electrons. The van der Waals surface area contributed by atoms with Crippen LogP contribution in [0.2, 0.25) is 0 Å². The molecule has 0 bridgehead atoms. The molecule has 2 amide bonds. The zero-order valence-corrected chi connectivity index (χ0v) is 16.9. The van der Waals surface area contributed by atoms with Crippen LogP contribution in [0.15, 0.2) is 29.3 Å².